The van der Waals surface area contributed by atoms with Gasteiger partial charge in [0.15, 0.2) is 0 Å². The molecule has 2 heteroatoms. The monoisotopic (exact) mass is 323 g/mol. The van der Waals surface area contributed by atoms with Crippen LogP contribution in [0.5, 0.6) is 0 Å². The summed E-state index contributed by atoms with van der Waals surface area (Å²) in [5.41, 5.74) is 2.23. The van der Waals surface area contributed by atoms with Crippen LogP contribution < -0.4 is 5.32 Å². The van der Waals surface area contributed by atoms with Gasteiger partial charge in [0.25, 0.3) is 0 Å². The topological polar surface area (TPSA) is 12.0 Å². The van der Waals surface area contributed by atoms with Crippen molar-refractivity contribution < 1.29 is 0 Å². The third-order valence-corrected chi connectivity index (χ3v) is 5.84. The van der Waals surface area contributed by atoms with Crippen molar-refractivity contribution in [3.63, 3.8) is 0 Å². The lowest BCUT2D eigenvalue weighted by atomic mass is 9.96. The van der Waals surface area contributed by atoms with Gasteiger partial charge in [-0.05, 0) is 47.4 Å². The highest BCUT2D eigenvalue weighted by atomic mass is 79.9. The molecule has 0 spiro atoms. The van der Waals surface area contributed by atoms with E-state index in [4.69, 9.17) is 0 Å². The molecule has 0 bridgehead atoms. The van der Waals surface area contributed by atoms with Crippen LogP contribution in [-0.4, -0.2) is 6.54 Å². The molecule has 0 saturated heterocycles. The fourth-order valence-corrected chi connectivity index (χ4v) is 3.74. The summed E-state index contributed by atoms with van der Waals surface area (Å²) in [4.78, 5) is 0. The number of hydrogen-bond donors (Lipinski definition) is 1. The Balaban J connectivity index is 2.25. The van der Waals surface area contributed by atoms with Gasteiger partial charge in [0.05, 0.1) is 0 Å². The van der Waals surface area contributed by atoms with E-state index in [-0.39, 0.29) is 0 Å². The standard InChI is InChI=1S/C17H26BrN/c1-6-11-19-14(12-7-9-13(18)10-8-12)15-16(2,3)17(15,4)5/h7-10,14-15,19H,6,11H2,1-5H3. The molecule has 0 radical (unpaired) electrons. The van der Waals surface area contributed by atoms with E-state index in [0.717, 1.165) is 11.0 Å². The molecule has 106 valence electrons. The lowest BCUT2D eigenvalue weighted by molar-refractivity contribution is 0.410. The molecule has 0 aliphatic heterocycles. The van der Waals surface area contributed by atoms with Gasteiger partial charge in [0, 0.05) is 10.5 Å². The summed E-state index contributed by atoms with van der Waals surface area (Å²) >= 11 is 3.52. The highest BCUT2D eigenvalue weighted by Gasteiger charge is 2.67. The van der Waals surface area contributed by atoms with Crippen molar-refractivity contribution in [1.82, 2.24) is 5.32 Å². The number of benzene rings is 1. The molecule has 1 aliphatic rings. The van der Waals surface area contributed by atoms with Crippen LogP contribution >= 0.6 is 15.9 Å². The van der Waals surface area contributed by atoms with Crippen LogP contribution in [0.4, 0.5) is 0 Å². The maximum Gasteiger partial charge on any atom is 0.0359 e. The Morgan fingerprint density at radius 1 is 1.11 bits per heavy atom. The molecule has 1 saturated carbocycles. The van der Waals surface area contributed by atoms with Gasteiger partial charge in [0.2, 0.25) is 0 Å². The summed E-state index contributed by atoms with van der Waals surface area (Å²) in [7, 11) is 0. The molecule has 19 heavy (non-hydrogen) atoms. The van der Waals surface area contributed by atoms with Crippen molar-refractivity contribution in [3.8, 4) is 0 Å². The SMILES string of the molecule is CCCNC(c1ccc(Br)cc1)C1C(C)(C)C1(C)C. The molecule has 1 unspecified atom stereocenters. The molecule has 1 aromatic carbocycles. The fourth-order valence-electron chi connectivity index (χ4n) is 3.48. The summed E-state index contributed by atoms with van der Waals surface area (Å²) in [6, 6.07) is 9.28. The number of halogens is 1. The van der Waals surface area contributed by atoms with Crippen molar-refractivity contribution >= 4 is 15.9 Å². The zero-order chi connectivity index (χ0) is 14.3. The van der Waals surface area contributed by atoms with Crippen LogP contribution in [0.25, 0.3) is 0 Å². The Hall–Kier alpha value is -0.340. The Morgan fingerprint density at radius 2 is 1.63 bits per heavy atom. The Morgan fingerprint density at radius 3 is 2.05 bits per heavy atom. The lowest BCUT2D eigenvalue weighted by Gasteiger charge is -2.21. The van der Waals surface area contributed by atoms with Crippen molar-refractivity contribution in [2.45, 2.75) is 47.1 Å². The van der Waals surface area contributed by atoms with E-state index in [2.05, 4.69) is 80.1 Å². The van der Waals surface area contributed by atoms with E-state index < -0.39 is 0 Å². The molecular weight excluding hydrogens is 298 g/mol. The van der Waals surface area contributed by atoms with Crippen LogP contribution in [0.15, 0.2) is 28.7 Å². The van der Waals surface area contributed by atoms with E-state index in [1.165, 1.54) is 12.0 Å². The molecule has 0 heterocycles. The summed E-state index contributed by atoms with van der Waals surface area (Å²) < 4.78 is 1.15. The molecule has 1 atom stereocenters. The predicted octanol–water partition coefficient (Wildman–Crippen LogP) is 5.17. The summed E-state index contributed by atoms with van der Waals surface area (Å²) in [5.74, 6) is 0.702. The first kappa shape index (κ1) is 15.1. The number of rotatable bonds is 5. The van der Waals surface area contributed by atoms with Gasteiger partial charge in [0.1, 0.15) is 0 Å². The zero-order valence-corrected chi connectivity index (χ0v) is 14.3. The average molecular weight is 324 g/mol. The highest BCUT2D eigenvalue weighted by Crippen LogP contribution is 2.72. The predicted molar refractivity (Wildman–Crippen MR) is 86.2 cm³/mol. The molecule has 0 amide bonds. The minimum Gasteiger partial charge on any atom is -0.310 e. The van der Waals surface area contributed by atoms with Crippen molar-refractivity contribution in [2.75, 3.05) is 6.54 Å². The van der Waals surface area contributed by atoms with Gasteiger partial charge in [-0.1, -0.05) is 62.7 Å². The average Bonchev–Trinajstić information content (AvgIpc) is 2.74. The molecular formula is C17H26BrN. The van der Waals surface area contributed by atoms with Crippen LogP contribution in [0, 0.1) is 16.7 Å². The van der Waals surface area contributed by atoms with Gasteiger partial charge in [-0.15, -0.1) is 0 Å². The molecule has 1 fully saturated rings. The highest BCUT2D eigenvalue weighted by molar-refractivity contribution is 9.10. The maximum atomic E-state index is 3.76. The minimum absolute atomic E-state index is 0.408. The van der Waals surface area contributed by atoms with Gasteiger partial charge < -0.3 is 5.32 Å². The molecule has 1 aliphatic carbocycles. The van der Waals surface area contributed by atoms with Crippen LogP contribution in [-0.2, 0) is 0 Å². The normalized spacial score (nSPS) is 22.2. The van der Waals surface area contributed by atoms with E-state index in [1.807, 2.05) is 0 Å². The van der Waals surface area contributed by atoms with Crippen LogP contribution in [0.2, 0.25) is 0 Å². The quantitative estimate of drug-likeness (QED) is 0.788. The second-order valence-corrected chi connectivity index (χ2v) is 7.82. The second kappa shape index (κ2) is 5.21. The minimum atomic E-state index is 0.408. The molecule has 0 aromatic heterocycles. The van der Waals surface area contributed by atoms with Gasteiger partial charge >= 0.3 is 0 Å². The lowest BCUT2D eigenvalue weighted by Crippen LogP contribution is -2.26. The van der Waals surface area contributed by atoms with E-state index in [1.54, 1.807) is 0 Å². The smallest absolute Gasteiger partial charge is 0.0359 e. The zero-order valence-electron chi connectivity index (χ0n) is 12.8. The van der Waals surface area contributed by atoms with Crippen LogP contribution in [0.1, 0.15) is 52.6 Å². The first-order valence-corrected chi connectivity index (χ1v) is 8.10. The molecule has 1 nitrogen and oxygen atoms in total. The van der Waals surface area contributed by atoms with Crippen molar-refractivity contribution in [2.24, 2.45) is 16.7 Å². The summed E-state index contributed by atoms with van der Waals surface area (Å²) in [6.07, 6.45) is 1.18. The largest absolute Gasteiger partial charge is 0.310 e. The Kier molecular flexibility index (Phi) is 4.13. The number of hydrogen-bond acceptors (Lipinski definition) is 1. The van der Waals surface area contributed by atoms with Crippen molar-refractivity contribution in [1.29, 1.82) is 0 Å². The molecule has 2 rings (SSSR count). The first-order chi connectivity index (χ1) is 8.82. The Bertz CT molecular complexity index is 419. The fraction of sp³-hybridized carbons (Fsp3) is 0.647. The maximum absolute atomic E-state index is 3.76. The summed E-state index contributed by atoms with van der Waals surface area (Å²) in [5, 5.41) is 3.76. The van der Waals surface area contributed by atoms with Crippen LogP contribution in [0.3, 0.4) is 0 Å². The van der Waals surface area contributed by atoms with Gasteiger partial charge in [-0.2, -0.15) is 0 Å². The van der Waals surface area contributed by atoms with E-state index in [9.17, 15) is 0 Å². The Labute approximate surface area is 126 Å². The molecule has 1 aromatic rings. The number of nitrogens with one attached hydrogen (secondary N) is 1. The molecule has 1 N–H and O–H groups in total. The second-order valence-electron chi connectivity index (χ2n) is 6.90. The van der Waals surface area contributed by atoms with Crippen molar-refractivity contribution in [3.05, 3.63) is 34.3 Å². The van der Waals surface area contributed by atoms with E-state index in [0.29, 0.717) is 22.8 Å². The van der Waals surface area contributed by atoms with Gasteiger partial charge in [-0.25, -0.2) is 0 Å². The summed E-state index contributed by atoms with van der Waals surface area (Å²) in [6.45, 7) is 12.9. The first-order valence-electron chi connectivity index (χ1n) is 7.31. The third-order valence-electron chi connectivity index (χ3n) is 5.31. The third kappa shape index (κ3) is 2.62. The van der Waals surface area contributed by atoms with Gasteiger partial charge in [-0.3, -0.25) is 0 Å². The van der Waals surface area contributed by atoms with E-state index >= 15 is 0 Å².